The van der Waals surface area contributed by atoms with Crippen molar-refractivity contribution in [2.24, 2.45) is 23.7 Å². The molecule has 0 amide bonds. The van der Waals surface area contributed by atoms with Crippen molar-refractivity contribution >= 4 is 11.9 Å². The number of rotatable bonds is 5. The minimum Gasteiger partial charge on any atom is -0.462 e. The summed E-state index contributed by atoms with van der Waals surface area (Å²) in [7, 11) is 0. The van der Waals surface area contributed by atoms with Gasteiger partial charge >= 0.3 is 11.9 Å². The fourth-order valence-electron chi connectivity index (χ4n) is 5.18. The molecule has 146 valence electrons. The van der Waals surface area contributed by atoms with Crippen LogP contribution >= 0.6 is 0 Å². The SMILES string of the molecule is CC1CC2(C)OC2CC1C(=O)OCCOC(=O)C1CC2OC2(C)CC1C. The maximum atomic E-state index is 12.3. The summed E-state index contributed by atoms with van der Waals surface area (Å²) < 4.78 is 22.1. The minimum absolute atomic E-state index is 0.0240. The number of carbonyl (C=O) groups is 2. The lowest BCUT2D eigenvalue weighted by atomic mass is 9.75. The summed E-state index contributed by atoms with van der Waals surface area (Å²) in [6.45, 7) is 8.61. The smallest absolute Gasteiger partial charge is 0.309 e. The van der Waals surface area contributed by atoms with E-state index in [1.54, 1.807) is 0 Å². The Morgan fingerprint density at radius 3 is 1.62 bits per heavy atom. The van der Waals surface area contributed by atoms with Gasteiger partial charge in [-0.25, -0.2) is 0 Å². The molecule has 0 radical (unpaired) electrons. The van der Waals surface area contributed by atoms with Gasteiger partial charge in [-0.15, -0.1) is 0 Å². The molecule has 2 saturated carbocycles. The van der Waals surface area contributed by atoms with E-state index in [-0.39, 0.29) is 72.2 Å². The minimum atomic E-state index is -0.195. The summed E-state index contributed by atoms with van der Waals surface area (Å²) in [6, 6.07) is 0. The van der Waals surface area contributed by atoms with Crippen LogP contribution in [-0.2, 0) is 28.5 Å². The fraction of sp³-hybridized carbons (Fsp3) is 0.900. The van der Waals surface area contributed by atoms with Crippen LogP contribution in [0.5, 0.6) is 0 Å². The highest BCUT2D eigenvalue weighted by Gasteiger charge is 2.59. The van der Waals surface area contributed by atoms with Crippen molar-refractivity contribution in [1.82, 2.24) is 0 Å². The largest absolute Gasteiger partial charge is 0.462 e. The van der Waals surface area contributed by atoms with E-state index < -0.39 is 0 Å². The number of esters is 2. The van der Waals surface area contributed by atoms with Crippen molar-refractivity contribution in [2.75, 3.05) is 13.2 Å². The van der Waals surface area contributed by atoms with E-state index in [0.717, 1.165) is 25.7 Å². The first kappa shape index (κ1) is 18.2. The van der Waals surface area contributed by atoms with Crippen LogP contribution in [0.1, 0.15) is 53.4 Å². The molecule has 2 heterocycles. The Morgan fingerprint density at radius 1 is 0.846 bits per heavy atom. The van der Waals surface area contributed by atoms with Gasteiger partial charge in [-0.05, 0) is 51.4 Å². The molecule has 6 nitrogen and oxygen atoms in total. The van der Waals surface area contributed by atoms with Crippen LogP contribution in [-0.4, -0.2) is 48.6 Å². The third-order valence-corrected chi connectivity index (χ3v) is 7.01. The molecule has 0 aromatic rings. The van der Waals surface area contributed by atoms with Crippen molar-refractivity contribution in [1.29, 1.82) is 0 Å². The van der Waals surface area contributed by atoms with E-state index in [1.165, 1.54) is 0 Å². The Labute approximate surface area is 154 Å². The van der Waals surface area contributed by atoms with Gasteiger partial charge in [0, 0.05) is 0 Å². The van der Waals surface area contributed by atoms with Crippen molar-refractivity contribution in [3.8, 4) is 0 Å². The average Bonchev–Trinajstić information content (AvgIpc) is 3.41. The van der Waals surface area contributed by atoms with Gasteiger partial charge in [0.1, 0.15) is 13.2 Å². The van der Waals surface area contributed by atoms with E-state index in [9.17, 15) is 9.59 Å². The van der Waals surface area contributed by atoms with Gasteiger partial charge in [-0.2, -0.15) is 0 Å². The number of fused-ring (bicyclic) bond motifs is 2. The Bertz CT molecular complexity index is 553. The van der Waals surface area contributed by atoms with Crippen LogP contribution < -0.4 is 0 Å². The number of hydrogen-bond donors (Lipinski definition) is 0. The monoisotopic (exact) mass is 366 g/mol. The Kier molecular flexibility index (Phi) is 4.35. The third kappa shape index (κ3) is 3.26. The molecule has 2 saturated heterocycles. The van der Waals surface area contributed by atoms with E-state index in [2.05, 4.69) is 27.7 Å². The molecule has 0 N–H and O–H groups in total. The second-order valence-corrected chi connectivity index (χ2v) is 9.22. The molecule has 6 heteroatoms. The first-order valence-electron chi connectivity index (χ1n) is 9.91. The van der Waals surface area contributed by atoms with Crippen LogP contribution in [0.15, 0.2) is 0 Å². The second kappa shape index (κ2) is 6.20. The molecule has 0 aromatic heterocycles. The quantitative estimate of drug-likeness (QED) is 0.423. The van der Waals surface area contributed by atoms with Gasteiger partial charge in [0.25, 0.3) is 0 Å². The molecule has 0 spiro atoms. The number of hydrogen-bond acceptors (Lipinski definition) is 6. The summed E-state index contributed by atoms with van der Waals surface area (Å²) in [6.07, 6.45) is 3.64. The molecule has 0 bridgehead atoms. The summed E-state index contributed by atoms with van der Waals surface area (Å²) in [5, 5.41) is 0. The zero-order valence-corrected chi connectivity index (χ0v) is 16.2. The van der Waals surface area contributed by atoms with Crippen molar-refractivity contribution in [2.45, 2.75) is 76.8 Å². The predicted molar refractivity (Wildman–Crippen MR) is 92.3 cm³/mol. The lowest BCUT2D eigenvalue weighted by molar-refractivity contribution is -0.160. The molecule has 4 rings (SSSR count). The second-order valence-electron chi connectivity index (χ2n) is 9.22. The first-order valence-corrected chi connectivity index (χ1v) is 9.91. The topological polar surface area (TPSA) is 77.7 Å². The molecule has 26 heavy (non-hydrogen) atoms. The highest BCUT2D eigenvalue weighted by molar-refractivity contribution is 5.74. The van der Waals surface area contributed by atoms with E-state index >= 15 is 0 Å². The molecule has 0 aromatic carbocycles. The van der Waals surface area contributed by atoms with Crippen LogP contribution in [0, 0.1) is 23.7 Å². The zero-order valence-electron chi connectivity index (χ0n) is 16.2. The van der Waals surface area contributed by atoms with Gasteiger partial charge in [0.2, 0.25) is 0 Å². The number of epoxide rings is 2. The van der Waals surface area contributed by atoms with Crippen LogP contribution in [0.4, 0.5) is 0 Å². The average molecular weight is 366 g/mol. The summed E-state index contributed by atoms with van der Waals surface area (Å²) >= 11 is 0. The Hall–Kier alpha value is -1.14. The first-order chi connectivity index (χ1) is 12.2. The van der Waals surface area contributed by atoms with Crippen molar-refractivity contribution in [3.05, 3.63) is 0 Å². The summed E-state index contributed by atoms with van der Waals surface area (Å²) in [5.74, 6) is -0.114. The van der Waals surface area contributed by atoms with Gasteiger partial charge in [-0.3, -0.25) is 9.59 Å². The lowest BCUT2D eigenvalue weighted by Crippen LogP contribution is -2.36. The maximum absolute atomic E-state index is 12.3. The standard InChI is InChI=1S/C20H30O6/c1-11-9-19(3)15(25-19)7-13(11)17(21)23-5-6-24-18(22)14-8-16-20(4,26-16)10-12(14)2/h11-16H,5-10H2,1-4H3. The third-order valence-electron chi connectivity index (χ3n) is 7.01. The number of ether oxygens (including phenoxy) is 4. The summed E-state index contributed by atoms with van der Waals surface area (Å²) in [4.78, 5) is 24.6. The molecule has 2 aliphatic heterocycles. The van der Waals surface area contributed by atoms with E-state index in [4.69, 9.17) is 18.9 Å². The molecule has 2 aliphatic carbocycles. The Morgan fingerprint density at radius 2 is 1.23 bits per heavy atom. The van der Waals surface area contributed by atoms with Gasteiger partial charge in [-0.1, -0.05) is 13.8 Å². The molecule has 8 unspecified atom stereocenters. The normalized spacial score (nSPS) is 48.8. The highest BCUT2D eigenvalue weighted by atomic mass is 16.6. The summed E-state index contributed by atoms with van der Waals surface area (Å²) in [5.41, 5.74) is -0.0481. The van der Waals surface area contributed by atoms with E-state index in [1.807, 2.05) is 0 Å². The van der Waals surface area contributed by atoms with Gasteiger partial charge in [0.15, 0.2) is 0 Å². The molecular weight excluding hydrogens is 336 g/mol. The highest BCUT2D eigenvalue weighted by Crippen LogP contribution is 2.52. The van der Waals surface area contributed by atoms with E-state index in [0.29, 0.717) is 0 Å². The molecule has 4 fully saturated rings. The van der Waals surface area contributed by atoms with Crippen LogP contribution in [0.2, 0.25) is 0 Å². The van der Waals surface area contributed by atoms with Crippen molar-refractivity contribution < 1.29 is 28.5 Å². The lowest BCUT2D eigenvalue weighted by Gasteiger charge is -2.28. The van der Waals surface area contributed by atoms with Gasteiger partial charge < -0.3 is 18.9 Å². The fourth-order valence-corrected chi connectivity index (χ4v) is 5.18. The van der Waals surface area contributed by atoms with Crippen molar-refractivity contribution in [3.63, 3.8) is 0 Å². The molecule has 8 atom stereocenters. The molecular formula is C20H30O6. The van der Waals surface area contributed by atoms with Crippen LogP contribution in [0.3, 0.4) is 0 Å². The molecule has 4 aliphatic rings. The predicted octanol–water partition coefficient (Wildman–Crippen LogP) is 2.48. The number of carbonyl (C=O) groups excluding carboxylic acids is 2. The Balaban J connectivity index is 1.17. The van der Waals surface area contributed by atoms with Crippen LogP contribution in [0.25, 0.3) is 0 Å². The van der Waals surface area contributed by atoms with Gasteiger partial charge in [0.05, 0.1) is 35.2 Å². The maximum Gasteiger partial charge on any atom is 0.309 e. The zero-order chi connectivity index (χ0) is 18.7.